The van der Waals surface area contributed by atoms with Crippen molar-refractivity contribution in [2.24, 2.45) is 5.92 Å². The fraction of sp³-hybridized carbons (Fsp3) is 0.273. The second kappa shape index (κ2) is 12.0. The molecule has 42 heavy (non-hydrogen) atoms. The number of fused-ring (bicyclic) bond motifs is 1. The molecular weight excluding hydrogens is 552 g/mol. The first-order valence-electron chi connectivity index (χ1n) is 13.8. The number of sulfonamides is 1. The molecule has 1 unspecified atom stereocenters. The molecule has 9 heteroatoms. The van der Waals surface area contributed by atoms with Crippen molar-refractivity contribution >= 4 is 39.5 Å². The van der Waals surface area contributed by atoms with Gasteiger partial charge in [0.2, 0.25) is 0 Å². The van der Waals surface area contributed by atoms with Crippen molar-refractivity contribution in [3.63, 3.8) is 0 Å². The van der Waals surface area contributed by atoms with Gasteiger partial charge in [-0.2, -0.15) is 0 Å². The number of nitrogens with one attached hydrogen (secondary N) is 1. The Bertz CT molecular complexity index is 1870. The molecule has 0 spiro atoms. The number of pyridine rings is 1. The minimum atomic E-state index is -4.16. The van der Waals surface area contributed by atoms with Crippen LogP contribution in [-0.2, 0) is 14.8 Å². The van der Waals surface area contributed by atoms with Gasteiger partial charge in [0.05, 0.1) is 27.5 Å². The summed E-state index contributed by atoms with van der Waals surface area (Å²) in [5.74, 6) is 0.347. The van der Waals surface area contributed by atoms with Crippen molar-refractivity contribution in [1.29, 1.82) is 0 Å². The van der Waals surface area contributed by atoms with Crippen molar-refractivity contribution in [1.82, 2.24) is 9.71 Å². The second-order valence-electron chi connectivity index (χ2n) is 10.5. The summed E-state index contributed by atoms with van der Waals surface area (Å²) in [6, 6.07) is 13.0. The van der Waals surface area contributed by atoms with Gasteiger partial charge in [-0.3, -0.25) is 4.79 Å². The zero-order chi connectivity index (χ0) is 30.0. The van der Waals surface area contributed by atoms with Gasteiger partial charge in [-0.05, 0) is 75.4 Å². The number of carbonyl (C=O) groups excluding carboxylic acids is 1. The van der Waals surface area contributed by atoms with Gasteiger partial charge in [-0.15, -0.1) is 0 Å². The van der Waals surface area contributed by atoms with E-state index in [0.717, 1.165) is 24.0 Å². The average Bonchev–Trinajstić information content (AvgIpc) is 3.27. The van der Waals surface area contributed by atoms with Gasteiger partial charge in [0.15, 0.2) is 5.76 Å². The zero-order valence-corrected chi connectivity index (χ0v) is 24.8. The molecule has 2 aromatic carbocycles. The molecule has 1 saturated heterocycles. The number of hydrogen-bond donors (Lipinski definition) is 1. The predicted molar refractivity (Wildman–Crippen MR) is 163 cm³/mol. The van der Waals surface area contributed by atoms with Crippen LogP contribution < -0.4 is 20.1 Å². The monoisotopic (exact) mass is 586 g/mol. The smallest absolute Gasteiger partial charge is 0.265 e. The van der Waals surface area contributed by atoms with Gasteiger partial charge < -0.3 is 13.9 Å². The Balaban J connectivity index is 1.69. The van der Waals surface area contributed by atoms with E-state index >= 15 is 0 Å². The van der Waals surface area contributed by atoms with Gasteiger partial charge >= 0.3 is 0 Å². The Labute approximate surface area is 245 Å². The largest absolute Gasteiger partial charge is 0.490 e. The Morgan fingerprint density at radius 1 is 1.14 bits per heavy atom. The molecule has 218 valence electrons. The lowest BCUT2D eigenvalue weighted by atomic mass is 9.94. The van der Waals surface area contributed by atoms with Gasteiger partial charge in [0.1, 0.15) is 16.9 Å². The number of nitrogens with zero attached hydrogens (tertiary/aromatic N) is 1. The average molecular weight is 587 g/mol. The lowest BCUT2D eigenvalue weighted by molar-refractivity contribution is 0.0243. The van der Waals surface area contributed by atoms with Crippen LogP contribution in [0.3, 0.4) is 0 Å². The maximum Gasteiger partial charge on any atom is 0.265 e. The molecule has 1 amide bonds. The summed E-state index contributed by atoms with van der Waals surface area (Å²) < 4.78 is 46.7. The molecule has 0 aliphatic carbocycles. The molecule has 1 aliphatic heterocycles. The molecule has 0 radical (unpaired) electrons. The molecule has 3 heterocycles. The third-order valence-electron chi connectivity index (χ3n) is 7.70. The summed E-state index contributed by atoms with van der Waals surface area (Å²) in [5.41, 5.74) is 3.03. The van der Waals surface area contributed by atoms with Gasteiger partial charge in [0.25, 0.3) is 15.9 Å². The Kier molecular flexibility index (Phi) is 8.34. The van der Waals surface area contributed by atoms with Crippen LogP contribution in [0, 0.1) is 19.8 Å². The summed E-state index contributed by atoms with van der Waals surface area (Å²) in [6.07, 6.45) is 4.87. The first-order valence-corrected chi connectivity index (χ1v) is 15.3. The molecule has 1 N–H and O–H groups in total. The molecule has 5 rings (SSSR count). The Morgan fingerprint density at radius 3 is 2.55 bits per heavy atom. The van der Waals surface area contributed by atoms with E-state index in [1.54, 1.807) is 42.5 Å². The normalized spacial score (nSPS) is 15.5. The number of furan rings is 1. The number of aromatic nitrogens is 1. The number of allylic oxidation sites excluding steroid dienone is 1. The molecule has 1 aliphatic rings. The van der Waals surface area contributed by atoms with E-state index in [1.807, 2.05) is 26.8 Å². The maximum absolute atomic E-state index is 13.9. The highest BCUT2D eigenvalue weighted by Gasteiger charge is 2.27. The quantitative estimate of drug-likeness (QED) is 0.316. The van der Waals surface area contributed by atoms with Crippen LogP contribution in [0.2, 0.25) is 0 Å². The van der Waals surface area contributed by atoms with Crippen LogP contribution in [0.4, 0.5) is 0 Å². The van der Waals surface area contributed by atoms with Gasteiger partial charge in [0, 0.05) is 24.0 Å². The van der Waals surface area contributed by atoms with Crippen LogP contribution in [0.25, 0.3) is 35.0 Å². The molecule has 1 atom stereocenters. The summed E-state index contributed by atoms with van der Waals surface area (Å²) in [7, 11) is -4.16. The van der Waals surface area contributed by atoms with Crippen molar-refractivity contribution in [3.8, 4) is 17.2 Å². The summed E-state index contributed by atoms with van der Waals surface area (Å²) in [6.45, 7) is 14.9. The highest BCUT2D eigenvalue weighted by atomic mass is 32.2. The van der Waals surface area contributed by atoms with Crippen molar-refractivity contribution in [2.45, 2.75) is 44.6 Å². The van der Waals surface area contributed by atoms with Crippen molar-refractivity contribution in [3.05, 3.63) is 88.5 Å². The van der Waals surface area contributed by atoms with E-state index in [9.17, 15) is 13.2 Å². The molecule has 2 aromatic heterocycles. The van der Waals surface area contributed by atoms with Crippen LogP contribution in [0.15, 0.2) is 70.5 Å². The molecule has 4 aromatic rings. The van der Waals surface area contributed by atoms with Gasteiger partial charge in [-0.1, -0.05) is 43.5 Å². The minimum Gasteiger partial charge on any atom is -0.490 e. The topological polar surface area (TPSA) is 108 Å². The number of rotatable bonds is 8. The van der Waals surface area contributed by atoms with E-state index in [-0.39, 0.29) is 22.5 Å². The predicted octanol–water partition coefficient (Wildman–Crippen LogP) is 4.80. The SMILES string of the molecule is C=C/C=c1/oc(-c2cc(C(=O)NS(=O)(=O)c3ccccc3)c3c(OC(C)C4CCOCC4)ccc(C)c3n2)c(C)c1=C. The molecular formula is C33H34N2O6S. The van der Waals surface area contributed by atoms with Crippen LogP contribution in [0.5, 0.6) is 5.75 Å². The third kappa shape index (κ3) is 5.75. The lowest BCUT2D eigenvalue weighted by Crippen LogP contribution is -2.31. The Hall–Kier alpha value is -4.21. The van der Waals surface area contributed by atoms with E-state index in [0.29, 0.717) is 52.0 Å². The van der Waals surface area contributed by atoms with Crippen LogP contribution in [-0.4, -0.2) is 38.6 Å². The number of aryl methyl sites for hydroxylation is 1. The standard InChI is InChI=1S/C33H34N2O6S/c1-6-10-28-21(3)22(4)32(41-28)27-19-26(33(36)35-42(37,38)25-11-8-7-9-12-25)30-29(14-13-20(2)31(30)34-27)40-23(5)24-15-17-39-18-16-24/h6-14,19,23-24H,1,3,15-18H2,2,4-5H3,(H,35,36)/b28-10+. The second-order valence-corrected chi connectivity index (χ2v) is 12.2. The van der Waals surface area contributed by atoms with Crippen molar-refractivity contribution in [2.75, 3.05) is 13.2 Å². The van der Waals surface area contributed by atoms with E-state index < -0.39 is 15.9 Å². The Morgan fingerprint density at radius 2 is 1.86 bits per heavy atom. The van der Waals surface area contributed by atoms with Gasteiger partial charge in [-0.25, -0.2) is 18.1 Å². The lowest BCUT2D eigenvalue weighted by Gasteiger charge is -2.29. The molecule has 8 nitrogen and oxygen atoms in total. The maximum atomic E-state index is 13.9. The fourth-order valence-corrected chi connectivity index (χ4v) is 6.20. The first-order chi connectivity index (χ1) is 20.1. The summed E-state index contributed by atoms with van der Waals surface area (Å²) >= 11 is 0. The first kappa shape index (κ1) is 29.3. The summed E-state index contributed by atoms with van der Waals surface area (Å²) in [5, 5.41) is 1.10. The zero-order valence-electron chi connectivity index (χ0n) is 24.0. The number of hydrogen-bond acceptors (Lipinski definition) is 7. The van der Waals surface area contributed by atoms with Crippen molar-refractivity contribution < 1.29 is 27.1 Å². The molecule has 0 saturated carbocycles. The summed E-state index contributed by atoms with van der Waals surface area (Å²) in [4.78, 5) is 18.8. The van der Waals surface area contributed by atoms with E-state index in [2.05, 4.69) is 17.9 Å². The number of benzene rings is 2. The van der Waals surface area contributed by atoms with Crippen LogP contribution >= 0.6 is 0 Å². The number of carbonyl (C=O) groups is 1. The number of ether oxygens (including phenoxy) is 2. The van der Waals surface area contributed by atoms with Crippen LogP contribution in [0.1, 0.15) is 41.3 Å². The number of amides is 1. The molecule has 0 bridgehead atoms. The fourth-order valence-electron chi connectivity index (χ4n) is 5.21. The third-order valence-corrected chi connectivity index (χ3v) is 9.04. The minimum absolute atomic E-state index is 0.0223. The van der Waals surface area contributed by atoms with E-state index in [1.165, 1.54) is 12.1 Å². The molecule has 1 fully saturated rings. The highest BCUT2D eigenvalue weighted by Crippen LogP contribution is 2.36. The highest BCUT2D eigenvalue weighted by molar-refractivity contribution is 7.90. The van der Waals surface area contributed by atoms with E-state index in [4.69, 9.17) is 18.9 Å².